The fraction of sp³-hybridized carbons (Fsp3) is 0.520. The Morgan fingerprint density at radius 1 is 0.697 bits per heavy atom. The van der Waals surface area contributed by atoms with Gasteiger partial charge < -0.3 is 0 Å². The molecule has 0 aliphatic rings. The minimum atomic E-state index is -4.08. The van der Waals surface area contributed by atoms with Crippen molar-refractivity contribution in [1.82, 2.24) is 0 Å². The third-order valence-electron chi connectivity index (χ3n) is 4.61. The molecule has 2 aromatic carbocycles. The number of aryl methyl sites for hydroxylation is 2. The maximum atomic E-state index is 13.1. The minimum Gasteiger partial charge on any atom is -0.269 e. The number of rotatable bonds is 8. The lowest BCUT2D eigenvalue weighted by Crippen LogP contribution is -2.20. The van der Waals surface area contributed by atoms with Gasteiger partial charge in [0.05, 0.1) is 13.2 Å². The molecule has 6 nitrogen and oxygen atoms in total. The molecule has 0 atom stereocenters. The molecule has 0 aliphatic carbocycles. The van der Waals surface area contributed by atoms with Crippen molar-refractivity contribution in [2.24, 2.45) is 10.8 Å². The SMILES string of the molecule is Cc1ccc(-c2ccc(C)cc2S(=O)(=O)OCC(C)(C)C)c(CS(=O)(=O)OCC(C)(C)C)c1. The molecule has 0 unspecified atom stereocenters. The maximum absolute atomic E-state index is 13.1. The normalized spacial score (nSPS) is 13.3. The lowest BCUT2D eigenvalue weighted by atomic mass is 9.98. The van der Waals surface area contributed by atoms with Crippen LogP contribution in [0.2, 0.25) is 0 Å². The van der Waals surface area contributed by atoms with Gasteiger partial charge in [-0.3, -0.25) is 8.37 Å². The smallest absolute Gasteiger partial charge is 0.269 e. The summed E-state index contributed by atoms with van der Waals surface area (Å²) in [5.41, 5.74) is 2.35. The molecule has 33 heavy (non-hydrogen) atoms. The molecule has 0 heterocycles. The topological polar surface area (TPSA) is 86.7 Å². The summed E-state index contributed by atoms with van der Waals surface area (Å²) in [4.78, 5) is 0.0184. The fourth-order valence-electron chi connectivity index (χ4n) is 2.98. The molecule has 0 aromatic heterocycles. The van der Waals surface area contributed by atoms with Crippen LogP contribution in [0.3, 0.4) is 0 Å². The van der Waals surface area contributed by atoms with Crippen LogP contribution in [0.15, 0.2) is 41.3 Å². The minimum absolute atomic E-state index is 0.0184. The molecule has 0 spiro atoms. The van der Waals surface area contributed by atoms with Crippen LogP contribution in [0.25, 0.3) is 11.1 Å². The van der Waals surface area contributed by atoms with Gasteiger partial charge in [-0.25, -0.2) is 0 Å². The van der Waals surface area contributed by atoms with E-state index in [2.05, 4.69) is 0 Å². The molecule has 0 saturated carbocycles. The van der Waals surface area contributed by atoms with E-state index in [9.17, 15) is 16.8 Å². The van der Waals surface area contributed by atoms with E-state index in [0.717, 1.165) is 11.1 Å². The molecule has 0 bridgehead atoms. The predicted octanol–water partition coefficient (Wildman–Crippen LogP) is 5.61. The Hall–Kier alpha value is -1.74. The van der Waals surface area contributed by atoms with Crippen molar-refractivity contribution in [2.45, 2.75) is 66.0 Å². The third kappa shape index (κ3) is 8.52. The second kappa shape index (κ2) is 9.86. The molecule has 0 fully saturated rings. The van der Waals surface area contributed by atoms with Crippen LogP contribution in [0.1, 0.15) is 58.2 Å². The van der Waals surface area contributed by atoms with Crippen molar-refractivity contribution in [1.29, 1.82) is 0 Å². The van der Waals surface area contributed by atoms with Crippen LogP contribution >= 0.6 is 0 Å². The molecule has 184 valence electrons. The van der Waals surface area contributed by atoms with Gasteiger partial charge in [0.2, 0.25) is 0 Å². The van der Waals surface area contributed by atoms with Crippen LogP contribution in [-0.2, 0) is 34.4 Å². The highest BCUT2D eigenvalue weighted by molar-refractivity contribution is 7.87. The number of hydrogen-bond acceptors (Lipinski definition) is 6. The van der Waals surface area contributed by atoms with Crippen LogP contribution in [-0.4, -0.2) is 30.0 Å². The molecule has 0 N–H and O–H groups in total. The first-order chi connectivity index (χ1) is 14.9. The van der Waals surface area contributed by atoms with Gasteiger partial charge in [0.1, 0.15) is 10.6 Å². The Bertz CT molecular complexity index is 1200. The Labute approximate surface area is 199 Å². The monoisotopic (exact) mass is 496 g/mol. The van der Waals surface area contributed by atoms with Gasteiger partial charge in [-0.15, -0.1) is 0 Å². The Morgan fingerprint density at radius 2 is 1.18 bits per heavy atom. The summed E-state index contributed by atoms with van der Waals surface area (Å²) in [7, 11) is -7.96. The standard InChI is InChI=1S/C25H36O6S2/c1-18-9-11-21(20(13-18)15-32(26,27)30-16-24(3,4)5)22-12-10-19(2)14-23(22)33(28,29)31-17-25(6,7)8/h9-14H,15-17H2,1-8H3. The average Bonchev–Trinajstić information content (AvgIpc) is 2.64. The van der Waals surface area contributed by atoms with Crippen molar-refractivity contribution in [2.75, 3.05) is 13.2 Å². The molecule has 0 amide bonds. The zero-order valence-electron chi connectivity index (χ0n) is 20.9. The van der Waals surface area contributed by atoms with Gasteiger partial charge in [0.25, 0.3) is 20.2 Å². The summed E-state index contributed by atoms with van der Waals surface area (Å²) in [6.45, 7) is 15.1. The Balaban J connectivity index is 2.56. The van der Waals surface area contributed by atoms with Gasteiger partial charge in [-0.1, -0.05) is 77.4 Å². The van der Waals surface area contributed by atoms with E-state index in [0.29, 0.717) is 16.7 Å². The van der Waals surface area contributed by atoms with Crippen LogP contribution < -0.4 is 0 Å². The predicted molar refractivity (Wildman–Crippen MR) is 132 cm³/mol. The van der Waals surface area contributed by atoms with Crippen LogP contribution in [0.5, 0.6) is 0 Å². The summed E-state index contributed by atoms with van der Waals surface area (Å²) >= 11 is 0. The van der Waals surface area contributed by atoms with Gasteiger partial charge in [0.15, 0.2) is 0 Å². The fourth-order valence-corrected chi connectivity index (χ4v) is 5.63. The lowest BCUT2D eigenvalue weighted by molar-refractivity contribution is 0.203. The van der Waals surface area contributed by atoms with Crippen molar-refractivity contribution in [3.8, 4) is 11.1 Å². The van der Waals surface area contributed by atoms with E-state index >= 15 is 0 Å². The van der Waals surface area contributed by atoms with Crippen molar-refractivity contribution in [3.63, 3.8) is 0 Å². The Kier molecular flexibility index (Phi) is 8.22. The van der Waals surface area contributed by atoms with Crippen LogP contribution in [0, 0.1) is 24.7 Å². The van der Waals surface area contributed by atoms with E-state index in [4.69, 9.17) is 8.37 Å². The van der Waals surface area contributed by atoms with Crippen molar-refractivity contribution >= 4 is 20.2 Å². The first-order valence-corrected chi connectivity index (χ1v) is 13.8. The van der Waals surface area contributed by atoms with Gasteiger partial charge in [-0.05, 0) is 47.4 Å². The van der Waals surface area contributed by atoms with E-state index in [-0.39, 0.29) is 34.7 Å². The summed E-state index contributed by atoms with van der Waals surface area (Å²) in [6.07, 6.45) is 0. The molecule has 0 aliphatic heterocycles. The second-order valence-corrected chi connectivity index (χ2v) is 14.2. The van der Waals surface area contributed by atoms with E-state index in [1.807, 2.05) is 54.5 Å². The molecule has 2 rings (SSSR count). The van der Waals surface area contributed by atoms with E-state index in [1.54, 1.807) is 37.3 Å². The van der Waals surface area contributed by atoms with Crippen LogP contribution in [0.4, 0.5) is 0 Å². The largest absolute Gasteiger partial charge is 0.297 e. The van der Waals surface area contributed by atoms with E-state index < -0.39 is 20.2 Å². The van der Waals surface area contributed by atoms with Crippen molar-refractivity contribution in [3.05, 3.63) is 53.1 Å². The van der Waals surface area contributed by atoms with E-state index in [1.165, 1.54) is 0 Å². The Morgan fingerprint density at radius 3 is 1.73 bits per heavy atom. The summed E-state index contributed by atoms with van der Waals surface area (Å²) in [6, 6.07) is 10.4. The average molecular weight is 497 g/mol. The second-order valence-electron chi connectivity index (χ2n) is 11.0. The van der Waals surface area contributed by atoms with Gasteiger partial charge in [0, 0.05) is 5.56 Å². The zero-order valence-corrected chi connectivity index (χ0v) is 22.5. The summed E-state index contributed by atoms with van der Waals surface area (Å²) in [5, 5.41) is 0. The first-order valence-electron chi connectivity index (χ1n) is 10.9. The van der Waals surface area contributed by atoms with Gasteiger partial charge in [-0.2, -0.15) is 16.8 Å². The highest BCUT2D eigenvalue weighted by Crippen LogP contribution is 2.34. The number of hydrogen-bond donors (Lipinski definition) is 0. The first kappa shape index (κ1) is 27.5. The quantitative estimate of drug-likeness (QED) is 0.441. The zero-order chi connectivity index (χ0) is 25.2. The molecule has 0 saturated heterocycles. The maximum Gasteiger partial charge on any atom is 0.297 e. The highest BCUT2D eigenvalue weighted by Gasteiger charge is 2.26. The molecular formula is C25H36O6S2. The van der Waals surface area contributed by atoms with Gasteiger partial charge >= 0.3 is 0 Å². The molecule has 0 radical (unpaired) electrons. The molecule has 8 heteroatoms. The lowest BCUT2D eigenvalue weighted by Gasteiger charge is -2.20. The molecule has 2 aromatic rings. The van der Waals surface area contributed by atoms with Crippen molar-refractivity contribution < 1.29 is 25.2 Å². The highest BCUT2D eigenvalue weighted by atomic mass is 32.2. The summed E-state index contributed by atoms with van der Waals surface area (Å²) in [5.74, 6) is -0.365. The third-order valence-corrected chi connectivity index (χ3v) is 7.05. The summed E-state index contributed by atoms with van der Waals surface area (Å²) < 4.78 is 62.3. The molecular weight excluding hydrogens is 460 g/mol. The number of benzene rings is 2.